The molecule has 2 aromatic rings. The van der Waals surface area contributed by atoms with Gasteiger partial charge in [-0.1, -0.05) is 0 Å². The highest BCUT2D eigenvalue weighted by atomic mass is 16.3. The van der Waals surface area contributed by atoms with Gasteiger partial charge in [-0.15, -0.1) is 0 Å². The van der Waals surface area contributed by atoms with Crippen molar-refractivity contribution in [2.45, 2.75) is 38.8 Å². The Hall–Kier alpha value is -2.37. The van der Waals surface area contributed by atoms with Gasteiger partial charge in [0.25, 0.3) is 5.56 Å². The molecule has 1 amide bonds. The third-order valence-electron chi connectivity index (χ3n) is 3.61. The molecule has 0 aliphatic heterocycles. The highest BCUT2D eigenvalue weighted by Gasteiger charge is 2.14. The van der Waals surface area contributed by atoms with Crippen LogP contribution < -0.4 is 10.9 Å². The summed E-state index contributed by atoms with van der Waals surface area (Å²) >= 11 is 0. The number of nitrogens with zero attached hydrogens (tertiary/aromatic N) is 2. The van der Waals surface area contributed by atoms with E-state index in [1.54, 1.807) is 24.5 Å². The van der Waals surface area contributed by atoms with Gasteiger partial charge < -0.3 is 9.73 Å². The third-order valence-corrected chi connectivity index (χ3v) is 3.61. The molecule has 2 aromatic heterocycles. The number of hydrogen-bond donors (Lipinski definition) is 1. The van der Waals surface area contributed by atoms with E-state index in [9.17, 15) is 9.59 Å². The second-order valence-corrected chi connectivity index (χ2v) is 5.18. The minimum Gasteiger partial charge on any atom is -0.467 e. The fourth-order valence-corrected chi connectivity index (χ4v) is 2.51. The number of aryl methyl sites for hydroxylation is 2. The Bertz CT molecular complexity index is 689. The van der Waals surface area contributed by atoms with Crippen LogP contribution in [0.5, 0.6) is 0 Å². The van der Waals surface area contributed by atoms with E-state index in [-0.39, 0.29) is 18.0 Å². The van der Waals surface area contributed by atoms with Crippen molar-refractivity contribution in [1.29, 1.82) is 0 Å². The molecule has 0 aromatic carbocycles. The number of furan rings is 1. The van der Waals surface area contributed by atoms with Gasteiger partial charge in [-0.25, -0.2) is 4.68 Å². The number of rotatable bonds is 4. The predicted molar refractivity (Wildman–Crippen MR) is 75.7 cm³/mol. The van der Waals surface area contributed by atoms with Gasteiger partial charge in [-0.05, 0) is 43.4 Å². The Labute approximate surface area is 121 Å². The first-order valence-electron chi connectivity index (χ1n) is 7.11. The number of fused-ring (bicyclic) bond motifs is 1. The van der Waals surface area contributed by atoms with Crippen molar-refractivity contribution >= 4 is 5.91 Å². The second-order valence-electron chi connectivity index (χ2n) is 5.18. The van der Waals surface area contributed by atoms with Gasteiger partial charge in [0.05, 0.1) is 18.5 Å². The zero-order chi connectivity index (χ0) is 14.7. The standard InChI is InChI=1S/C15H17N3O3/c19-14(16-9-12-5-3-7-21-12)10-18-15(20)8-11-4-1-2-6-13(11)17-18/h3,5,7-8H,1-2,4,6,9-10H2,(H,16,19). The van der Waals surface area contributed by atoms with Crippen molar-refractivity contribution in [3.63, 3.8) is 0 Å². The van der Waals surface area contributed by atoms with Crippen LogP contribution in [-0.2, 0) is 30.7 Å². The van der Waals surface area contributed by atoms with E-state index in [4.69, 9.17) is 4.42 Å². The number of aromatic nitrogens is 2. The SMILES string of the molecule is O=C(Cn1nc2c(cc1=O)CCCC2)NCc1ccco1. The highest BCUT2D eigenvalue weighted by molar-refractivity contribution is 5.75. The summed E-state index contributed by atoms with van der Waals surface area (Å²) in [7, 11) is 0. The summed E-state index contributed by atoms with van der Waals surface area (Å²) < 4.78 is 6.37. The van der Waals surface area contributed by atoms with Gasteiger partial charge in [0.2, 0.25) is 5.91 Å². The van der Waals surface area contributed by atoms with Gasteiger partial charge >= 0.3 is 0 Å². The molecule has 3 rings (SSSR count). The lowest BCUT2D eigenvalue weighted by Gasteiger charge is -2.15. The van der Waals surface area contributed by atoms with E-state index in [1.807, 2.05) is 0 Å². The Morgan fingerprint density at radius 1 is 1.38 bits per heavy atom. The third kappa shape index (κ3) is 3.21. The summed E-state index contributed by atoms with van der Waals surface area (Å²) in [6, 6.07) is 5.15. The van der Waals surface area contributed by atoms with Crippen molar-refractivity contribution in [2.24, 2.45) is 0 Å². The zero-order valence-electron chi connectivity index (χ0n) is 11.7. The molecule has 0 saturated heterocycles. The number of nitrogens with one attached hydrogen (secondary N) is 1. The lowest BCUT2D eigenvalue weighted by Crippen LogP contribution is -2.34. The Balaban J connectivity index is 1.66. The minimum absolute atomic E-state index is 0.0627. The van der Waals surface area contributed by atoms with Gasteiger partial charge in [0.1, 0.15) is 12.3 Å². The molecule has 21 heavy (non-hydrogen) atoms. The number of carbonyl (C=O) groups is 1. The molecular weight excluding hydrogens is 270 g/mol. The second kappa shape index (κ2) is 5.95. The molecule has 0 radical (unpaired) electrons. The zero-order valence-corrected chi connectivity index (χ0v) is 11.7. The largest absolute Gasteiger partial charge is 0.467 e. The molecule has 6 heteroatoms. The summed E-state index contributed by atoms with van der Waals surface area (Å²) in [5.74, 6) is 0.422. The normalized spacial score (nSPS) is 13.7. The van der Waals surface area contributed by atoms with E-state index >= 15 is 0 Å². The average molecular weight is 287 g/mol. The monoisotopic (exact) mass is 287 g/mol. The van der Waals surface area contributed by atoms with Crippen LogP contribution >= 0.6 is 0 Å². The summed E-state index contributed by atoms with van der Waals surface area (Å²) in [5.41, 5.74) is 1.75. The van der Waals surface area contributed by atoms with E-state index in [2.05, 4.69) is 10.4 Å². The first-order valence-corrected chi connectivity index (χ1v) is 7.11. The smallest absolute Gasteiger partial charge is 0.267 e. The first kappa shape index (κ1) is 13.6. The van der Waals surface area contributed by atoms with E-state index < -0.39 is 0 Å². The molecule has 1 N–H and O–H groups in total. The van der Waals surface area contributed by atoms with Crippen LogP contribution in [0, 0.1) is 0 Å². The quantitative estimate of drug-likeness (QED) is 0.911. The molecule has 2 heterocycles. The summed E-state index contributed by atoms with van der Waals surface area (Å²) in [4.78, 5) is 23.8. The van der Waals surface area contributed by atoms with E-state index in [0.29, 0.717) is 12.3 Å². The Morgan fingerprint density at radius 3 is 3.05 bits per heavy atom. The minimum atomic E-state index is -0.253. The molecule has 1 aliphatic rings. The van der Waals surface area contributed by atoms with Crippen molar-refractivity contribution in [3.8, 4) is 0 Å². The van der Waals surface area contributed by atoms with E-state index in [0.717, 1.165) is 36.9 Å². The van der Waals surface area contributed by atoms with Gasteiger partial charge in [-0.2, -0.15) is 5.10 Å². The van der Waals surface area contributed by atoms with Crippen LogP contribution in [0.2, 0.25) is 0 Å². The molecule has 0 atom stereocenters. The lowest BCUT2D eigenvalue weighted by molar-refractivity contribution is -0.122. The summed E-state index contributed by atoms with van der Waals surface area (Å²) in [6.07, 6.45) is 5.52. The fraction of sp³-hybridized carbons (Fsp3) is 0.400. The number of hydrogen-bond acceptors (Lipinski definition) is 4. The average Bonchev–Trinajstić information content (AvgIpc) is 2.99. The van der Waals surface area contributed by atoms with Crippen LogP contribution in [0.3, 0.4) is 0 Å². The van der Waals surface area contributed by atoms with Crippen LogP contribution in [0.4, 0.5) is 0 Å². The first-order chi connectivity index (χ1) is 10.2. The van der Waals surface area contributed by atoms with Gasteiger partial charge in [-0.3, -0.25) is 9.59 Å². The van der Waals surface area contributed by atoms with Gasteiger partial charge in [0.15, 0.2) is 0 Å². The van der Waals surface area contributed by atoms with Crippen LogP contribution in [0.1, 0.15) is 29.9 Å². The van der Waals surface area contributed by atoms with Crippen LogP contribution in [-0.4, -0.2) is 15.7 Å². The van der Waals surface area contributed by atoms with Crippen molar-refractivity contribution in [2.75, 3.05) is 0 Å². The van der Waals surface area contributed by atoms with Gasteiger partial charge in [0, 0.05) is 6.07 Å². The Kier molecular flexibility index (Phi) is 3.85. The predicted octanol–water partition coefficient (Wildman–Crippen LogP) is 1.03. The number of amides is 1. The molecule has 0 unspecified atom stereocenters. The summed E-state index contributed by atoms with van der Waals surface area (Å²) in [6.45, 7) is 0.248. The maximum atomic E-state index is 12.0. The molecule has 6 nitrogen and oxygen atoms in total. The van der Waals surface area contributed by atoms with Crippen LogP contribution in [0.15, 0.2) is 33.7 Å². The maximum Gasteiger partial charge on any atom is 0.267 e. The molecule has 0 bridgehead atoms. The van der Waals surface area contributed by atoms with E-state index in [1.165, 1.54) is 4.68 Å². The summed E-state index contributed by atoms with van der Waals surface area (Å²) in [5, 5.41) is 7.03. The van der Waals surface area contributed by atoms with Crippen molar-refractivity contribution < 1.29 is 9.21 Å². The molecule has 0 fully saturated rings. The van der Waals surface area contributed by atoms with Crippen LogP contribution in [0.25, 0.3) is 0 Å². The molecule has 1 aliphatic carbocycles. The number of carbonyl (C=O) groups excluding carboxylic acids is 1. The molecular formula is C15H17N3O3. The maximum absolute atomic E-state index is 12.0. The topological polar surface area (TPSA) is 77.1 Å². The Morgan fingerprint density at radius 2 is 2.24 bits per heavy atom. The molecule has 0 spiro atoms. The molecule has 0 saturated carbocycles. The highest BCUT2D eigenvalue weighted by Crippen LogP contribution is 2.16. The van der Waals surface area contributed by atoms with Crippen molar-refractivity contribution in [1.82, 2.24) is 15.1 Å². The van der Waals surface area contributed by atoms with Crippen molar-refractivity contribution in [3.05, 3.63) is 51.8 Å². The lowest BCUT2D eigenvalue weighted by atomic mass is 9.97. The fourth-order valence-electron chi connectivity index (χ4n) is 2.51. The molecule has 110 valence electrons.